The van der Waals surface area contributed by atoms with Crippen molar-refractivity contribution in [1.29, 1.82) is 0 Å². The highest BCUT2D eigenvalue weighted by Gasteiger charge is 2.48. The zero-order valence-electron chi connectivity index (χ0n) is 11.5. The molecule has 3 heterocycles. The fraction of sp³-hybridized carbons (Fsp3) is 0.429. The highest BCUT2D eigenvalue weighted by Crippen LogP contribution is 2.36. The second-order valence-electron chi connectivity index (χ2n) is 5.90. The van der Waals surface area contributed by atoms with E-state index in [1.807, 2.05) is 0 Å². The number of nitrogens with zero attached hydrogens (tertiary/aromatic N) is 3. The third kappa shape index (κ3) is 2.33. The summed E-state index contributed by atoms with van der Waals surface area (Å²) in [5, 5.41) is 3.78. The van der Waals surface area contributed by atoms with Gasteiger partial charge in [0.1, 0.15) is 5.75 Å². The normalized spacial score (nSPS) is 19.9. The van der Waals surface area contributed by atoms with Crippen molar-refractivity contribution in [3.05, 3.63) is 24.4 Å². The van der Waals surface area contributed by atoms with Gasteiger partial charge in [-0.05, 0) is 18.2 Å². The smallest absolute Gasteiger partial charge is 0.406 e. The monoisotopic (exact) mass is 310 g/mol. The number of anilines is 1. The van der Waals surface area contributed by atoms with Gasteiger partial charge in [0.2, 0.25) is 5.95 Å². The Balaban J connectivity index is 1.55. The number of nitrogens with one attached hydrogen (secondary N) is 1. The van der Waals surface area contributed by atoms with Gasteiger partial charge in [-0.2, -0.15) is 0 Å². The first-order chi connectivity index (χ1) is 10.4. The molecule has 0 amide bonds. The zero-order chi connectivity index (χ0) is 15.4. The van der Waals surface area contributed by atoms with Gasteiger partial charge in [0.05, 0.1) is 5.52 Å². The molecule has 22 heavy (non-hydrogen) atoms. The summed E-state index contributed by atoms with van der Waals surface area (Å²) < 4.78 is 40.5. The second-order valence-corrected chi connectivity index (χ2v) is 5.90. The summed E-state index contributed by atoms with van der Waals surface area (Å²) in [6.07, 6.45) is -3.16. The number of ether oxygens (including phenoxy) is 1. The fourth-order valence-electron chi connectivity index (χ4n) is 2.96. The van der Waals surface area contributed by atoms with Crippen LogP contribution in [0.1, 0.15) is 0 Å². The van der Waals surface area contributed by atoms with Gasteiger partial charge < -0.3 is 15.0 Å². The minimum absolute atomic E-state index is 0.264. The van der Waals surface area contributed by atoms with Crippen molar-refractivity contribution >= 4 is 16.9 Å². The molecule has 8 heteroatoms. The van der Waals surface area contributed by atoms with Crippen molar-refractivity contribution in [3.63, 3.8) is 0 Å². The van der Waals surface area contributed by atoms with E-state index in [4.69, 9.17) is 0 Å². The Labute approximate surface area is 124 Å². The quantitative estimate of drug-likeness (QED) is 0.918. The molecule has 0 bridgehead atoms. The van der Waals surface area contributed by atoms with Gasteiger partial charge in [0, 0.05) is 43.2 Å². The first-order valence-corrected chi connectivity index (χ1v) is 6.91. The van der Waals surface area contributed by atoms with Crippen molar-refractivity contribution < 1.29 is 17.9 Å². The van der Waals surface area contributed by atoms with Crippen molar-refractivity contribution in [3.8, 4) is 5.75 Å². The Kier molecular flexibility index (Phi) is 2.75. The van der Waals surface area contributed by atoms with Crippen LogP contribution in [0.5, 0.6) is 5.75 Å². The van der Waals surface area contributed by atoms with Crippen LogP contribution in [0.4, 0.5) is 19.1 Å². The molecular weight excluding hydrogens is 297 g/mol. The molecule has 2 aliphatic rings. The molecule has 2 fully saturated rings. The van der Waals surface area contributed by atoms with Gasteiger partial charge in [0.25, 0.3) is 0 Å². The second kappa shape index (κ2) is 4.45. The molecule has 0 atom stereocenters. The summed E-state index contributed by atoms with van der Waals surface area (Å²) in [5.41, 5.74) is 0.968. The lowest BCUT2D eigenvalue weighted by Gasteiger charge is -2.56. The number of hydrogen-bond acceptors (Lipinski definition) is 5. The minimum atomic E-state index is -4.70. The third-order valence-electron chi connectivity index (χ3n) is 4.11. The predicted molar refractivity (Wildman–Crippen MR) is 73.7 cm³/mol. The van der Waals surface area contributed by atoms with E-state index in [0.29, 0.717) is 22.3 Å². The van der Waals surface area contributed by atoms with E-state index in [0.717, 1.165) is 26.2 Å². The molecule has 1 spiro atoms. The number of alkyl halides is 3. The van der Waals surface area contributed by atoms with Gasteiger partial charge in [0.15, 0.2) is 0 Å². The van der Waals surface area contributed by atoms with Crippen LogP contribution < -0.4 is 15.0 Å². The van der Waals surface area contributed by atoms with E-state index in [-0.39, 0.29) is 5.75 Å². The van der Waals surface area contributed by atoms with Crippen LogP contribution in [0.3, 0.4) is 0 Å². The Morgan fingerprint density at radius 1 is 1.23 bits per heavy atom. The van der Waals surface area contributed by atoms with E-state index in [2.05, 4.69) is 24.9 Å². The number of hydrogen-bond donors (Lipinski definition) is 1. The fourth-order valence-corrected chi connectivity index (χ4v) is 2.96. The lowest BCUT2D eigenvalue weighted by Crippen LogP contribution is -2.71. The molecule has 2 aliphatic heterocycles. The van der Waals surface area contributed by atoms with E-state index in [1.54, 1.807) is 0 Å². The van der Waals surface area contributed by atoms with Crippen LogP contribution in [0, 0.1) is 5.41 Å². The Morgan fingerprint density at radius 3 is 2.64 bits per heavy atom. The van der Waals surface area contributed by atoms with Gasteiger partial charge >= 0.3 is 6.36 Å². The Hall–Kier alpha value is -2.09. The van der Waals surface area contributed by atoms with E-state index in [1.165, 1.54) is 24.4 Å². The van der Waals surface area contributed by atoms with Crippen molar-refractivity contribution in [1.82, 2.24) is 15.3 Å². The van der Waals surface area contributed by atoms with Crippen LogP contribution in [0.2, 0.25) is 0 Å². The maximum absolute atomic E-state index is 12.2. The Bertz CT molecular complexity index is 722. The van der Waals surface area contributed by atoms with Crippen LogP contribution in [-0.4, -0.2) is 42.5 Å². The van der Waals surface area contributed by atoms with Gasteiger partial charge in [-0.25, -0.2) is 9.97 Å². The molecule has 0 radical (unpaired) electrons. The summed E-state index contributed by atoms with van der Waals surface area (Å²) in [6.45, 7) is 3.88. The van der Waals surface area contributed by atoms with E-state index < -0.39 is 6.36 Å². The highest BCUT2D eigenvalue weighted by molar-refractivity contribution is 5.80. The largest absolute Gasteiger partial charge is 0.573 e. The maximum Gasteiger partial charge on any atom is 0.573 e. The molecular formula is C14H13F3N4O. The standard InChI is InChI=1S/C14H13F3N4O/c15-14(16,17)22-10-1-2-11-9(3-10)4-19-12(20-11)21-7-13(8-21)5-18-6-13/h1-4,18H,5-8H2. The molecule has 1 aromatic heterocycles. The molecule has 4 rings (SSSR count). The molecule has 2 saturated heterocycles. The van der Waals surface area contributed by atoms with Gasteiger partial charge in [-0.15, -0.1) is 13.2 Å². The maximum atomic E-state index is 12.2. The van der Waals surface area contributed by atoms with Gasteiger partial charge in [-0.3, -0.25) is 0 Å². The zero-order valence-corrected chi connectivity index (χ0v) is 11.5. The van der Waals surface area contributed by atoms with Crippen molar-refractivity contribution in [2.75, 3.05) is 31.1 Å². The lowest BCUT2D eigenvalue weighted by atomic mass is 9.75. The SMILES string of the molecule is FC(F)(F)Oc1ccc2nc(N3CC4(CNC4)C3)ncc2c1. The van der Waals surface area contributed by atoms with Crippen LogP contribution >= 0.6 is 0 Å². The molecule has 0 saturated carbocycles. The Morgan fingerprint density at radius 2 is 2.00 bits per heavy atom. The minimum Gasteiger partial charge on any atom is -0.406 e. The van der Waals surface area contributed by atoms with Crippen molar-refractivity contribution in [2.24, 2.45) is 5.41 Å². The number of benzene rings is 1. The molecule has 0 unspecified atom stereocenters. The topological polar surface area (TPSA) is 50.3 Å². The number of rotatable bonds is 2. The predicted octanol–water partition coefficient (Wildman–Crippen LogP) is 1.94. The molecule has 0 aliphatic carbocycles. The summed E-state index contributed by atoms with van der Waals surface area (Å²) in [6, 6.07) is 4.07. The van der Waals surface area contributed by atoms with E-state index >= 15 is 0 Å². The number of fused-ring (bicyclic) bond motifs is 1. The molecule has 1 aromatic carbocycles. The van der Waals surface area contributed by atoms with Crippen LogP contribution in [-0.2, 0) is 0 Å². The number of halogens is 3. The van der Waals surface area contributed by atoms with Crippen LogP contribution in [0.25, 0.3) is 10.9 Å². The first kappa shape index (κ1) is 13.6. The van der Waals surface area contributed by atoms with Crippen molar-refractivity contribution in [2.45, 2.75) is 6.36 Å². The molecule has 2 aromatic rings. The van der Waals surface area contributed by atoms with Gasteiger partial charge in [-0.1, -0.05) is 0 Å². The third-order valence-corrected chi connectivity index (χ3v) is 4.11. The summed E-state index contributed by atoms with van der Waals surface area (Å²) >= 11 is 0. The molecule has 116 valence electrons. The first-order valence-electron chi connectivity index (χ1n) is 6.91. The summed E-state index contributed by atoms with van der Waals surface area (Å²) in [7, 11) is 0. The number of aromatic nitrogens is 2. The molecule has 5 nitrogen and oxygen atoms in total. The highest BCUT2D eigenvalue weighted by atomic mass is 19.4. The summed E-state index contributed by atoms with van der Waals surface area (Å²) in [4.78, 5) is 10.7. The summed E-state index contributed by atoms with van der Waals surface area (Å²) in [5.74, 6) is 0.356. The van der Waals surface area contributed by atoms with Crippen LogP contribution in [0.15, 0.2) is 24.4 Å². The average Bonchev–Trinajstić information content (AvgIpc) is 2.33. The lowest BCUT2D eigenvalue weighted by molar-refractivity contribution is -0.274. The molecule has 1 N–H and O–H groups in total. The van der Waals surface area contributed by atoms with E-state index in [9.17, 15) is 13.2 Å². The average molecular weight is 310 g/mol.